The number of aryl methyl sites for hydroxylation is 1. The van der Waals surface area contributed by atoms with Crippen molar-refractivity contribution in [1.29, 1.82) is 0 Å². The summed E-state index contributed by atoms with van der Waals surface area (Å²) in [6.07, 6.45) is 1.22. The topological polar surface area (TPSA) is 62.5 Å². The molecule has 2 N–H and O–H groups in total. The van der Waals surface area contributed by atoms with E-state index in [1.165, 1.54) is 12.0 Å². The summed E-state index contributed by atoms with van der Waals surface area (Å²) >= 11 is 1.57. The van der Waals surface area contributed by atoms with Crippen molar-refractivity contribution < 1.29 is 4.79 Å². The Bertz CT molecular complexity index is 816. The molecule has 0 bridgehead atoms. The fourth-order valence-electron chi connectivity index (χ4n) is 3.87. The standard InChI is InChI=1S/C19H24N4OS/c1-11-5-4-6-12(7-11)17-16(21-19(25-17)22(2)3)18(24)23-10-13-8-14(13)15(23)9-20/h4-7,13-15H,8-10,20H2,1-3H3/t13-,14-,15+/m0/s1. The van der Waals surface area contributed by atoms with Crippen LogP contribution < -0.4 is 10.6 Å². The van der Waals surface area contributed by atoms with Crippen LogP contribution in [0.1, 0.15) is 22.5 Å². The smallest absolute Gasteiger partial charge is 0.274 e. The lowest BCUT2D eigenvalue weighted by molar-refractivity contribution is 0.0708. The Labute approximate surface area is 152 Å². The Morgan fingerprint density at radius 1 is 1.44 bits per heavy atom. The van der Waals surface area contributed by atoms with E-state index in [0.29, 0.717) is 24.1 Å². The third-order valence-electron chi connectivity index (χ3n) is 5.29. The van der Waals surface area contributed by atoms with Crippen LogP contribution in [0.15, 0.2) is 24.3 Å². The van der Waals surface area contributed by atoms with Crippen LogP contribution in [0.2, 0.25) is 0 Å². The zero-order chi connectivity index (χ0) is 17.7. The highest BCUT2D eigenvalue weighted by molar-refractivity contribution is 7.19. The molecule has 1 aromatic carbocycles. The Morgan fingerprint density at radius 3 is 2.92 bits per heavy atom. The summed E-state index contributed by atoms with van der Waals surface area (Å²) in [5.41, 5.74) is 8.76. The van der Waals surface area contributed by atoms with Crippen LogP contribution in [0, 0.1) is 18.8 Å². The second kappa shape index (κ2) is 6.11. The minimum absolute atomic E-state index is 0.0310. The summed E-state index contributed by atoms with van der Waals surface area (Å²) in [6.45, 7) is 3.43. The third-order valence-corrected chi connectivity index (χ3v) is 6.56. The van der Waals surface area contributed by atoms with Crippen molar-refractivity contribution in [3.05, 3.63) is 35.5 Å². The van der Waals surface area contributed by atoms with Gasteiger partial charge in [0.05, 0.1) is 4.88 Å². The molecule has 2 aromatic rings. The summed E-state index contributed by atoms with van der Waals surface area (Å²) in [7, 11) is 3.92. The molecule has 2 heterocycles. The van der Waals surface area contributed by atoms with E-state index in [1.807, 2.05) is 30.0 Å². The lowest BCUT2D eigenvalue weighted by Gasteiger charge is -2.26. The molecule has 4 rings (SSSR count). The van der Waals surface area contributed by atoms with Crippen molar-refractivity contribution in [2.75, 3.05) is 32.1 Å². The normalized spacial score (nSPS) is 24.3. The zero-order valence-corrected chi connectivity index (χ0v) is 15.7. The molecule has 0 radical (unpaired) electrons. The summed E-state index contributed by atoms with van der Waals surface area (Å²) in [5.74, 6) is 1.28. The first-order valence-corrected chi connectivity index (χ1v) is 9.57. The quantitative estimate of drug-likeness (QED) is 0.915. The van der Waals surface area contributed by atoms with E-state index in [-0.39, 0.29) is 11.9 Å². The van der Waals surface area contributed by atoms with E-state index in [1.54, 1.807) is 11.3 Å². The molecule has 1 aromatic heterocycles. The Balaban J connectivity index is 1.74. The Hall–Kier alpha value is -1.92. The molecule has 0 spiro atoms. The average molecular weight is 356 g/mol. The number of anilines is 1. The van der Waals surface area contributed by atoms with Gasteiger partial charge in [0, 0.05) is 33.2 Å². The van der Waals surface area contributed by atoms with Gasteiger partial charge in [-0.2, -0.15) is 0 Å². The van der Waals surface area contributed by atoms with Gasteiger partial charge in [-0.05, 0) is 30.7 Å². The number of piperidine rings is 1. The van der Waals surface area contributed by atoms with Crippen LogP contribution >= 0.6 is 11.3 Å². The number of carbonyl (C=O) groups excluding carboxylic acids is 1. The predicted molar refractivity (Wildman–Crippen MR) is 102 cm³/mol. The van der Waals surface area contributed by atoms with Crippen molar-refractivity contribution in [1.82, 2.24) is 9.88 Å². The van der Waals surface area contributed by atoms with E-state index in [9.17, 15) is 4.79 Å². The summed E-state index contributed by atoms with van der Waals surface area (Å²) in [6, 6.07) is 8.44. The van der Waals surface area contributed by atoms with Gasteiger partial charge in [-0.1, -0.05) is 41.2 Å². The number of rotatable bonds is 4. The van der Waals surface area contributed by atoms with Crippen molar-refractivity contribution >= 4 is 22.4 Å². The second-order valence-corrected chi connectivity index (χ2v) is 8.34. The molecule has 1 amide bonds. The fraction of sp³-hybridized carbons (Fsp3) is 0.474. The third kappa shape index (κ3) is 2.83. The zero-order valence-electron chi connectivity index (χ0n) is 14.9. The van der Waals surface area contributed by atoms with Crippen molar-refractivity contribution in [3.63, 3.8) is 0 Å². The van der Waals surface area contributed by atoms with Gasteiger partial charge in [0.1, 0.15) is 5.69 Å². The minimum atomic E-state index is 0.0310. The van der Waals surface area contributed by atoms with Crippen LogP contribution in [-0.2, 0) is 0 Å². The van der Waals surface area contributed by atoms with Crippen LogP contribution in [0.3, 0.4) is 0 Å². The van der Waals surface area contributed by atoms with Gasteiger partial charge < -0.3 is 15.5 Å². The van der Waals surface area contributed by atoms with Gasteiger partial charge in [0.2, 0.25) is 0 Å². The van der Waals surface area contributed by atoms with Gasteiger partial charge in [-0.15, -0.1) is 0 Å². The van der Waals surface area contributed by atoms with Gasteiger partial charge in [0.25, 0.3) is 5.91 Å². The highest BCUT2D eigenvalue weighted by atomic mass is 32.1. The Kier molecular flexibility index (Phi) is 4.04. The fourth-order valence-corrected chi connectivity index (χ4v) is 4.85. The number of nitrogens with zero attached hydrogens (tertiary/aromatic N) is 3. The summed E-state index contributed by atoms with van der Waals surface area (Å²) in [5, 5.41) is 0.855. The largest absolute Gasteiger partial charge is 0.354 e. The molecule has 2 aliphatic rings. The van der Waals surface area contributed by atoms with E-state index < -0.39 is 0 Å². The van der Waals surface area contributed by atoms with Crippen molar-refractivity contribution in [2.24, 2.45) is 17.6 Å². The number of amides is 1. The summed E-state index contributed by atoms with van der Waals surface area (Å²) in [4.78, 5) is 22.9. The number of benzene rings is 1. The first-order chi connectivity index (χ1) is 12.0. The molecule has 6 heteroatoms. The SMILES string of the molecule is Cc1cccc(-c2sc(N(C)C)nc2C(=O)N2C[C@@H]3C[C@@H]3[C@H]2CN)c1. The highest BCUT2D eigenvalue weighted by Gasteiger charge is 2.53. The summed E-state index contributed by atoms with van der Waals surface area (Å²) < 4.78 is 0. The number of likely N-dealkylation sites (tertiary alicyclic amines) is 1. The first kappa shape index (κ1) is 16.5. The van der Waals surface area contributed by atoms with Crippen molar-refractivity contribution in [3.8, 4) is 10.4 Å². The van der Waals surface area contributed by atoms with E-state index in [4.69, 9.17) is 5.73 Å². The lowest BCUT2D eigenvalue weighted by atomic mass is 10.1. The lowest BCUT2D eigenvalue weighted by Crippen LogP contribution is -2.43. The number of carbonyl (C=O) groups is 1. The van der Waals surface area contributed by atoms with E-state index in [0.717, 1.165) is 22.1 Å². The number of thiazole rings is 1. The number of fused-ring (bicyclic) bond motifs is 1. The van der Waals surface area contributed by atoms with Crippen LogP contribution in [0.5, 0.6) is 0 Å². The molecule has 5 nitrogen and oxygen atoms in total. The molecule has 1 aliphatic heterocycles. The molecular formula is C19H24N4OS. The highest BCUT2D eigenvalue weighted by Crippen LogP contribution is 2.50. The molecular weight excluding hydrogens is 332 g/mol. The van der Waals surface area contributed by atoms with E-state index in [2.05, 4.69) is 30.1 Å². The maximum absolute atomic E-state index is 13.3. The van der Waals surface area contributed by atoms with Crippen LogP contribution in [0.25, 0.3) is 10.4 Å². The Morgan fingerprint density at radius 2 is 2.24 bits per heavy atom. The van der Waals surface area contributed by atoms with E-state index >= 15 is 0 Å². The minimum Gasteiger partial charge on any atom is -0.354 e. The molecule has 1 saturated heterocycles. The molecule has 0 unspecified atom stereocenters. The molecule has 25 heavy (non-hydrogen) atoms. The molecule has 1 saturated carbocycles. The molecule has 3 atom stereocenters. The second-order valence-electron chi connectivity index (χ2n) is 7.36. The maximum Gasteiger partial charge on any atom is 0.274 e. The number of aromatic nitrogens is 1. The number of nitrogens with two attached hydrogens (primary N) is 1. The van der Waals surface area contributed by atoms with Crippen LogP contribution in [-0.4, -0.2) is 49.0 Å². The molecule has 132 valence electrons. The number of hydrogen-bond donors (Lipinski definition) is 1. The van der Waals surface area contributed by atoms with Crippen molar-refractivity contribution in [2.45, 2.75) is 19.4 Å². The van der Waals surface area contributed by atoms with Gasteiger partial charge >= 0.3 is 0 Å². The molecule has 2 fully saturated rings. The van der Waals surface area contributed by atoms with Crippen LogP contribution in [0.4, 0.5) is 5.13 Å². The number of hydrogen-bond acceptors (Lipinski definition) is 5. The van der Waals surface area contributed by atoms with Gasteiger partial charge in [0.15, 0.2) is 5.13 Å². The average Bonchev–Trinajstić information content (AvgIpc) is 3.07. The predicted octanol–water partition coefficient (Wildman–Crippen LogP) is 2.60. The maximum atomic E-state index is 13.3. The monoisotopic (exact) mass is 356 g/mol. The van der Waals surface area contributed by atoms with Gasteiger partial charge in [-0.3, -0.25) is 4.79 Å². The first-order valence-electron chi connectivity index (χ1n) is 8.75. The van der Waals surface area contributed by atoms with Gasteiger partial charge in [-0.25, -0.2) is 4.98 Å². The molecule has 1 aliphatic carbocycles.